The lowest BCUT2D eigenvalue weighted by molar-refractivity contribution is 1.47. The molecule has 2 heteroatoms. The van der Waals surface area contributed by atoms with Crippen LogP contribution in [0.3, 0.4) is 0 Å². The Morgan fingerprint density at radius 1 is 0.559 bits per heavy atom. The summed E-state index contributed by atoms with van der Waals surface area (Å²) in [4.78, 5) is 4.39. The lowest BCUT2D eigenvalue weighted by atomic mass is 9.94. The number of hydrogen-bond donors (Lipinski definition) is 0. The van der Waals surface area contributed by atoms with Gasteiger partial charge in [-0.25, -0.2) is 0 Å². The Morgan fingerprint density at radius 3 is 1.76 bits per heavy atom. The molecule has 6 aromatic rings. The van der Waals surface area contributed by atoms with Gasteiger partial charge in [0.15, 0.2) is 0 Å². The van der Waals surface area contributed by atoms with E-state index in [4.69, 9.17) is 0 Å². The van der Waals surface area contributed by atoms with Crippen LogP contribution >= 0.6 is 11.3 Å². The van der Waals surface area contributed by atoms with Gasteiger partial charge in [0.25, 0.3) is 0 Å². The summed E-state index contributed by atoms with van der Waals surface area (Å²) in [6, 6.07) is 41.2. The third kappa shape index (κ3) is 3.53. The topological polar surface area (TPSA) is 12.4 Å². The van der Waals surface area contributed by atoms with E-state index < -0.39 is 0 Å². The Hall–Kier alpha value is -4.01. The highest BCUT2D eigenvalue weighted by atomic mass is 32.1. The van der Waals surface area contributed by atoms with Gasteiger partial charge in [-0.15, -0.1) is 11.3 Å². The third-order valence-corrected chi connectivity index (χ3v) is 7.57. The van der Waals surface area contributed by atoms with Crippen LogP contribution in [0, 0.1) is 0 Å². The highest BCUT2D eigenvalue weighted by Crippen LogP contribution is 2.46. The van der Waals surface area contributed by atoms with E-state index in [1.165, 1.54) is 53.6 Å². The van der Waals surface area contributed by atoms with E-state index in [0.717, 1.165) is 5.56 Å². The smallest absolute Gasteiger partial charge is 0.0440 e. The van der Waals surface area contributed by atoms with E-state index in [9.17, 15) is 0 Å². The molecule has 0 saturated heterocycles. The van der Waals surface area contributed by atoms with Crippen molar-refractivity contribution >= 4 is 37.7 Å². The summed E-state index contributed by atoms with van der Waals surface area (Å²) in [7, 11) is 1.84. The minimum atomic E-state index is 1.16. The second-order valence-corrected chi connectivity index (χ2v) is 9.42. The molecule has 0 aliphatic heterocycles. The fourth-order valence-electron chi connectivity index (χ4n) is 4.73. The van der Waals surface area contributed by atoms with E-state index >= 15 is 0 Å². The Bertz CT molecular complexity index is 1630. The molecule has 5 aromatic carbocycles. The van der Waals surface area contributed by atoms with Crippen LogP contribution < -0.4 is 0 Å². The summed E-state index contributed by atoms with van der Waals surface area (Å²) in [6.07, 6.45) is 1.99. The van der Waals surface area contributed by atoms with Gasteiger partial charge in [-0.2, -0.15) is 0 Å². The third-order valence-electron chi connectivity index (χ3n) is 6.30. The van der Waals surface area contributed by atoms with E-state index in [-0.39, 0.29) is 0 Å². The van der Waals surface area contributed by atoms with Crippen LogP contribution in [0.4, 0.5) is 0 Å². The van der Waals surface area contributed by atoms with Crippen LogP contribution in [-0.2, 0) is 0 Å². The zero-order valence-electron chi connectivity index (χ0n) is 18.9. The molecule has 0 radical (unpaired) electrons. The minimum absolute atomic E-state index is 1.16. The Morgan fingerprint density at radius 2 is 1.15 bits per heavy atom. The molecule has 1 heterocycles. The number of hydrogen-bond acceptors (Lipinski definition) is 2. The minimum Gasteiger partial charge on any atom is -0.296 e. The van der Waals surface area contributed by atoms with Crippen LogP contribution in [0.5, 0.6) is 0 Å². The van der Waals surface area contributed by atoms with Crippen LogP contribution in [0.25, 0.3) is 53.6 Å². The molecule has 0 aliphatic rings. The lowest BCUT2D eigenvalue weighted by Gasteiger charge is -2.09. The van der Waals surface area contributed by atoms with Crippen LogP contribution in [0.2, 0.25) is 0 Å². The van der Waals surface area contributed by atoms with Gasteiger partial charge < -0.3 is 0 Å². The standard InChI is InChI=1S/C32H23NS/c1-33-21-25-17-18-27(23-13-7-3-8-14-23)32-30(25)29-20-26(22-11-5-2-6-12-22)19-28(31(29)34-32)24-15-9-4-10-16-24/h2-21H,1H3. The first-order chi connectivity index (χ1) is 16.8. The number of fused-ring (bicyclic) bond motifs is 3. The van der Waals surface area contributed by atoms with Crippen molar-refractivity contribution in [3.63, 3.8) is 0 Å². The van der Waals surface area contributed by atoms with Crippen LogP contribution in [0.15, 0.2) is 120 Å². The molecule has 34 heavy (non-hydrogen) atoms. The molecule has 1 aromatic heterocycles. The molecule has 0 saturated carbocycles. The molecule has 0 aliphatic carbocycles. The van der Waals surface area contributed by atoms with Gasteiger partial charge in [0.05, 0.1) is 0 Å². The highest BCUT2D eigenvalue weighted by Gasteiger charge is 2.18. The molecule has 0 N–H and O–H groups in total. The molecular weight excluding hydrogens is 430 g/mol. The van der Waals surface area contributed by atoms with E-state index in [1.54, 1.807) is 0 Å². The van der Waals surface area contributed by atoms with Crippen molar-refractivity contribution in [2.45, 2.75) is 0 Å². The predicted molar refractivity (Wildman–Crippen MR) is 149 cm³/mol. The zero-order chi connectivity index (χ0) is 22.9. The Labute approximate surface area is 203 Å². The van der Waals surface area contributed by atoms with Gasteiger partial charge in [0.1, 0.15) is 0 Å². The van der Waals surface area contributed by atoms with Crippen LogP contribution in [0.1, 0.15) is 5.56 Å². The van der Waals surface area contributed by atoms with E-state index in [1.807, 2.05) is 24.6 Å². The first-order valence-corrected chi connectivity index (χ1v) is 12.3. The number of aliphatic imine (C=N–C) groups is 1. The van der Waals surface area contributed by atoms with Crippen molar-refractivity contribution in [3.05, 3.63) is 121 Å². The SMILES string of the molecule is CN=Cc1ccc(-c2ccccc2)c2sc3c(-c4ccccc4)cc(-c4ccccc4)cc3c12. The summed E-state index contributed by atoms with van der Waals surface area (Å²) in [6.45, 7) is 0. The van der Waals surface area contributed by atoms with Gasteiger partial charge in [-0.1, -0.05) is 103 Å². The fraction of sp³-hybridized carbons (Fsp3) is 0.0312. The monoisotopic (exact) mass is 453 g/mol. The molecule has 0 unspecified atom stereocenters. The fourth-order valence-corrected chi connectivity index (χ4v) is 6.12. The largest absolute Gasteiger partial charge is 0.296 e. The second kappa shape index (κ2) is 8.74. The molecule has 6 rings (SSSR count). The zero-order valence-corrected chi connectivity index (χ0v) is 19.7. The number of nitrogens with zero attached hydrogens (tertiary/aromatic N) is 1. The second-order valence-electron chi connectivity index (χ2n) is 8.39. The molecule has 0 spiro atoms. The summed E-state index contributed by atoms with van der Waals surface area (Å²) < 4.78 is 2.62. The van der Waals surface area contributed by atoms with Gasteiger partial charge in [0, 0.05) is 44.6 Å². The maximum Gasteiger partial charge on any atom is 0.0440 e. The molecule has 0 fully saturated rings. The lowest BCUT2D eigenvalue weighted by Crippen LogP contribution is -1.87. The first kappa shape index (κ1) is 20.6. The molecule has 0 amide bonds. The maximum atomic E-state index is 4.39. The predicted octanol–water partition coefficient (Wildman–Crippen LogP) is 9.10. The number of rotatable bonds is 4. The van der Waals surface area contributed by atoms with Crippen molar-refractivity contribution in [2.75, 3.05) is 7.05 Å². The Kier molecular flexibility index (Phi) is 5.29. The quantitative estimate of drug-likeness (QED) is 0.236. The van der Waals surface area contributed by atoms with Gasteiger partial charge >= 0.3 is 0 Å². The molecule has 0 bridgehead atoms. The van der Waals surface area contributed by atoms with E-state index in [0.29, 0.717) is 0 Å². The van der Waals surface area contributed by atoms with Gasteiger partial charge in [-0.3, -0.25) is 4.99 Å². The van der Waals surface area contributed by atoms with E-state index in [2.05, 4.69) is 120 Å². The molecular formula is C32H23NS. The molecule has 0 atom stereocenters. The average Bonchev–Trinajstić information content (AvgIpc) is 3.30. The van der Waals surface area contributed by atoms with Crippen molar-refractivity contribution < 1.29 is 0 Å². The summed E-state index contributed by atoms with van der Waals surface area (Å²) in [5, 5.41) is 2.56. The van der Waals surface area contributed by atoms with Crippen molar-refractivity contribution in [1.29, 1.82) is 0 Å². The Balaban J connectivity index is 1.77. The highest BCUT2D eigenvalue weighted by molar-refractivity contribution is 7.27. The summed E-state index contributed by atoms with van der Waals surface area (Å²) in [5.41, 5.74) is 8.64. The summed E-state index contributed by atoms with van der Waals surface area (Å²) >= 11 is 1.89. The van der Waals surface area contributed by atoms with Crippen molar-refractivity contribution in [2.24, 2.45) is 4.99 Å². The first-order valence-electron chi connectivity index (χ1n) is 11.4. The average molecular weight is 454 g/mol. The van der Waals surface area contributed by atoms with Crippen molar-refractivity contribution in [1.82, 2.24) is 0 Å². The normalized spacial score (nSPS) is 11.6. The van der Waals surface area contributed by atoms with Crippen molar-refractivity contribution in [3.8, 4) is 33.4 Å². The molecule has 162 valence electrons. The number of thiophene rings is 1. The number of benzene rings is 5. The maximum absolute atomic E-state index is 4.39. The van der Waals surface area contributed by atoms with Gasteiger partial charge in [-0.05, 0) is 39.9 Å². The molecule has 1 nitrogen and oxygen atoms in total. The summed E-state index contributed by atoms with van der Waals surface area (Å²) in [5.74, 6) is 0. The van der Waals surface area contributed by atoms with Crippen LogP contribution in [-0.4, -0.2) is 13.3 Å². The van der Waals surface area contributed by atoms with Gasteiger partial charge in [0.2, 0.25) is 0 Å².